The molecule has 1 amide bonds. The van der Waals surface area contributed by atoms with Crippen LogP contribution in [0.15, 0.2) is 30.9 Å². The molecular weight excluding hydrogens is 698 g/mol. The number of aromatic nitrogens is 7. The summed E-state index contributed by atoms with van der Waals surface area (Å²) >= 11 is 4.00. The van der Waals surface area contributed by atoms with Crippen LogP contribution in [0.25, 0.3) is 22.2 Å². The maximum Gasteiger partial charge on any atom is 0.698 e. The molecule has 3 saturated heterocycles. The zero-order valence-corrected chi connectivity index (χ0v) is 26.4. The summed E-state index contributed by atoms with van der Waals surface area (Å²) in [5, 5.41) is 7.95. The predicted molar refractivity (Wildman–Crippen MR) is 157 cm³/mol. The molecule has 0 aliphatic carbocycles. The molecular formula is C22H22F2N9O9P2S2+. The van der Waals surface area contributed by atoms with Crippen LogP contribution in [-0.4, -0.2) is 90.4 Å². The Labute approximate surface area is 265 Å². The van der Waals surface area contributed by atoms with E-state index in [2.05, 4.69) is 36.9 Å². The first-order chi connectivity index (χ1) is 22.1. The Bertz CT molecular complexity index is 1890. The average molecular weight is 721 g/mol. The van der Waals surface area contributed by atoms with Crippen molar-refractivity contribution in [2.24, 2.45) is 5.73 Å². The van der Waals surface area contributed by atoms with E-state index in [-0.39, 0.29) is 33.6 Å². The van der Waals surface area contributed by atoms with Gasteiger partial charge >= 0.3 is 15.1 Å². The summed E-state index contributed by atoms with van der Waals surface area (Å²) in [7, 11) is -2.77. The fourth-order valence-electron chi connectivity index (χ4n) is 5.37. The number of halogens is 2. The van der Waals surface area contributed by atoms with Gasteiger partial charge in [0.15, 0.2) is 42.4 Å². The van der Waals surface area contributed by atoms with Crippen molar-refractivity contribution >= 4 is 71.0 Å². The lowest BCUT2D eigenvalue weighted by Crippen LogP contribution is -2.33. The molecule has 2 bridgehead atoms. The monoisotopic (exact) mass is 720 g/mol. The lowest BCUT2D eigenvalue weighted by Gasteiger charge is -2.24. The molecule has 3 aliphatic heterocycles. The molecule has 18 nitrogen and oxygen atoms in total. The number of carbonyl (C=O) groups excluding carboxylic acids is 1. The highest BCUT2D eigenvalue weighted by atomic mass is 33.3. The van der Waals surface area contributed by atoms with Crippen molar-refractivity contribution in [1.82, 2.24) is 34.5 Å². The summed E-state index contributed by atoms with van der Waals surface area (Å²) in [5.41, 5.74) is 12.0. The van der Waals surface area contributed by atoms with Gasteiger partial charge in [-0.2, -0.15) is 0 Å². The van der Waals surface area contributed by atoms with Crippen LogP contribution in [0, 0.1) is 0 Å². The number of nitrogens with zero attached hydrogens (tertiary/aromatic N) is 7. The molecule has 3 fully saturated rings. The Hall–Kier alpha value is -2.91. The second-order valence-electron chi connectivity index (χ2n) is 10.2. The Balaban J connectivity index is 1.19. The lowest BCUT2D eigenvalue weighted by atomic mass is 10.1. The van der Waals surface area contributed by atoms with Crippen molar-refractivity contribution < 1.29 is 50.3 Å². The van der Waals surface area contributed by atoms with E-state index in [1.807, 2.05) is 0 Å². The zero-order chi connectivity index (χ0) is 32.3. The van der Waals surface area contributed by atoms with Crippen molar-refractivity contribution in [2.45, 2.75) is 49.2 Å². The Morgan fingerprint density at radius 2 is 1.89 bits per heavy atom. The van der Waals surface area contributed by atoms with Crippen molar-refractivity contribution in [1.29, 1.82) is 0 Å². The fourth-order valence-corrected chi connectivity index (χ4v) is 8.66. The van der Waals surface area contributed by atoms with Gasteiger partial charge in [0.05, 0.1) is 24.0 Å². The normalized spacial score (nSPS) is 34.6. The van der Waals surface area contributed by atoms with E-state index in [1.54, 1.807) is 0 Å². The Morgan fingerprint density at radius 3 is 2.67 bits per heavy atom. The number of carbonyl (C=O) groups is 1. The van der Waals surface area contributed by atoms with E-state index in [1.165, 1.54) is 29.1 Å². The highest BCUT2D eigenvalue weighted by Crippen LogP contribution is 2.65. The first-order valence-electron chi connectivity index (χ1n) is 13.3. The molecule has 3 aliphatic rings. The number of rotatable bonds is 4. The molecule has 2 unspecified atom stereocenters. The van der Waals surface area contributed by atoms with Gasteiger partial charge in [0.1, 0.15) is 42.3 Å². The summed E-state index contributed by atoms with van der Waals surface area (Å²) in [6.45, 7) is -5.66. The summed E-state index contributed by atoms with van der Waals surface area (Å²) in [5.74, 6) is -0.728. The van der Waals surface area contributed by atoms with Gasteiger partial charge in [0.2, 0.25) is 0 Å². The van der Waals surface area contributed by atoms with Crippen LogP contribution in [-0.2, 0) is 36.7 Å². The lowest BCUT2D eigenvalue weighted by molar-refractivity contribution is -0.0598. The SMILES string of the molecule is NC(=O)c1cccc2c1nnn2[C@@H]1O[C@@H]2COP(=O)(SS)O[C@H]3[C@@H](F)[C@H](n4cnc5c(N)ncnc54)O[C@@H]3CO[P+](=O)O[C@@H]1[C@@H]2F. The number of benzene rings is 1. The van der Waals surface area contributed by atoms with E-state index in [0.29, 0.717) is 10.4 Å². The van der Waals surface area contributed by atoms with Gasteiger partial charge in [0.25, 0.3) is 5.91 Å². The molecule has 0 saturated carbocycles. The maximum absolute atomic E-state index is 16.1. The van der Waals surface area contributed by atoms with Gasteiger partial charge < -0.3 is 20.9 Å². The van der Waals surface area contributed by atoms with Crippen LogP contribution < -0.4 is 11.5 Å². The van der Waals surface area contributed by atoms with Gasteiger partial charge in [-0.25, -0.2) is 33.0 Å². The third-order valence-corrected chi connectivity index (χ3v) is 12.4. The third-order valence-electron chi connectivity index (χ3n) is 7.50. The van der Waals surface area contributed by atoms with Crippen molar-refractivity contribution in [3.8, 4) is 0 Å². The van der Waals surface area contributed by atoms with Crippen LogP contribution in [0.2, 0.25) is 0 Å². The number of hydrogen-bond donors (Lipinski definition) is 3. The van der Waals surface area contributed by atoms with Crippen molar-refractivity contribution in [2.75, 3.05) is 18.9 Å². The standard InChI is InChI=1S/C22H21F2N9O9P2S2/c23-12-10-5-38-44(36,46-45)42-16-11(40-21(13(16)24)32-7-29-15-18(25)27-6-28-20(15)32)4-37-43(35)41-17(12)22(39-10)33-9-3-1-2-8(19(26)34)14(9)30-31-33/h1-3,6-7,10-13,16-17,21-22H,4-5H2,(H4-,25,26,27,28,34,45)/p+1/t10-,11-,12-,13-,16-,17-,21-,22-,44?/m1/s1. The minimum atomic E-state index is -4.35. The quantitative estimate of drug-likeness (QED) is 0.156. The Morgan fingerprint density at radius 1 is 1.09 bits per heavy atom. The molecule has 244 valence electrons. The number of hydrogen-bond acceptors (Lipinski definition) is 17. The van der Waals surface area contributed by atoms with E-state index >= 15 is 8.78 Å². The Kier molecular flexibility index (Phi) is 8.45. The molecule has 7 rings (SSSR count). The first kappa shape index (κ1) is 31.7. The van der Waals surface area contributed by atoms with Crippen LogP contribution in [0.5, 0.6) is 0 Å². The summed E-state index contributed by atoms with van der Waals surface area (Å²) < 4.78 is 94.7. The molecule has 4 N–H and O–H groups in total. The summed E-state index contributed by atoms with van der Waals surface area (Å²) in [4.78, 5) is 24.0. The minimum absolute atomic E-state index is 0.0475. The number of fused-ring (bicyclic) bond motifs is 5. The highest BCUT2D eigenvalue weighted by molar-refractivity contribution is 8.93. The predicted octanol–water partition coefficient (Wildman–Crippen LogP) is 2.58. The van der Waals surface area contributed by atoms with E-state index < -0.39 is 83.4 Å². The van der Waals surface area contributed by atoms with E-state index in [4.69, 9.17) is 39.0 Å². The molecule has 0 spiro atoms. The number of thiol groups is 1. The number of nitrogens with two attached hydrogens (primary N) is 2. The number of imidazole rings is 1. The average Bonchev–Trinajstić information content (AvgIpc) is 3.80. The van der Waals surface area contributed by atoms with Gasteiger partial charge in [-0.05, 0) is 12.1 Å². The molecule has 24 heteroatoms. The number of primary amides is 1. The second-order valence-corrected chi connectivity index (χ2v) is 15.9. The smallest absolute Gasteiger partial charge is 0.382 e. The number of alkyl halides is 2. The molecule has 46 heavy (non-hydrogen) atoms. The van der Waals surface area contributed by atoms with Gasteiger partial charge in [-0.3, -0.25) is 18.4 Å². The third kappa shape index (κ3) is 5.45. The highest BCUT2D eigenvalue weighted by Gasteiger charge is 2.56. The topological polar surface area (TPSA) is 233 Å². The first-order valence-corrected chi connectivity index (χ1v) is 18.4. The van der Waals surface area contributed by atoms with Crippen molar-refractivity contribution in [3.05, 3.63) is 36.4 Å². The number of nitrogen functional groups attached to an aromatic ring is 1. The zero-order valence-electron chi connectivity index (χ0n) is 22.9. The summed E-state index contributed by atoms with van der Waals surface area (Å²) in [6.07, 6.45) is -10.6. The van der Waals surface area contributed by atoms with Crippen LogP contribution in [0.4, 0.5) is 14.6 Å². The van der Waals surface area contributed by atoms with E-state index in [0.717, 1.165) is 11.0 Å². The van der Waals surface area contributed by atoms with Crippen LogP contribution in [0.3, 0.4) is 0 Å². The largest absolute Gasteiger partial charge is 0.698 e. The van der Waals surface area contributed by atoms with Crippen molar-refractivity contribution in [3.63, 3.8) is 0 Å². The fraction of sp³-hybridized carbons (Fsp3) is 0.455. The van der Waals surface area contributed by atoms with Crippen LogP contribution >= 0.6 is 37.1 Å². The molecule has 6 heterocycles. The number of anilines is 1. The molecule has 1 aromatic carbocycles. The minimum Gasteiger partial charge on any atom is -0.382 e. The summed E-state index contributed by atoms with van der Waals surface area (Å²) in [6, 6.07) is 4.46. The molecule has 4 aromatic rings. The second kappa shape index (κ2) is 12.3. The van der Waals surface area contributed by atoms with E-state index in [9.17, 15) is 13.9 Å². The number of ether oxygens (including phenoxy) is 2. The maximum atomic E-state index is 16.1. The number of amides is 1. The molecule has 3 aromatic heterocycles. The van der Waals surface area contributed by atoms with Gasteiger partial charge in [-0.1, -0.05) is 22.9 Å². The van der Waals surface area contributed by atoms with Gasteiger partial charge in [-0.15, -0.1) is 14.1 Å². The molecule has 0 radical (unpaired) electrons. The van der Waals surface area contributed by atoms with Crippen LogP contribution in [0.1, 0.15) is 22.8 Å². The molecule has 10 atom stereocenters. The van der Waals surface area contributed by atoms with Gasteiger partial charge in [0, 0.05) is 15.0 Å².